The highest BCUT2D eigenvalue weighted by atomic mass is 32.2. The quantitative estimate of drug-likeness (QED) is 0.388. The minimum Gasteiger partial charge on any atom is -0.381 e. The molecule has 2 saturated heterocycles. The first-order valence-corrected chi connectivity index (χ1v) is 16.2. The first-order valence-electron chi connectivity index (χ1n) is 14.3. The molecule has 9 heteroatoms. The van der Waals surface area contributed by atoms with Crippen molar-refractivity contribution in [3.05, 3.63) is 65.2 Å². The van der Waals surface area contributed by atoms with E-state index in [-0.39, 0.29) is 34.6 Å². The highest BCUT2D eigenvalue weighted by Crippen LogP contribution is 2.46. The van der Waals surface area contributed by atoms with Crippen LogP contribution in [0.3, 0.4) is 0 Å². The fourth-order valence-electron chi connectivity index (χ4n) is 6.42. The monoisotopic (exact) mass is 576 g/mol. The average molecular weight is 577 g/mol. The summed E-state index contributed by atoms with van der Waals surface area (Å²) in [5, 5.41) is 0. The lowest BCUT2D eigenvalue weighted by Gasteiger charge is -2.43. The lowest BCUT2D eigenvalue weighted by Crippen LogP contribution is -2.48. The zero-order chi connectivity index (χ0) is 28.9. The maximum Gasteiger partial charge on any atom is 0.227 e. The molecule has 2 fully saturated rings. The molecule has 2 aliphatic heterocycles. The van der Waals surface area contributed by atoms with Crippen molar-refractivity contribution >= 4 is 15.7 Å². The average Bonchev–Trinajstić information content (AvgIpc) is 2.89. The van der Waals surface area contributed by atoms with Gasteiger partial charge in [0.1, 0.15) is 11.6 Å². The highest BCUT2D eigenvalue weighted by molar-refractivity contribution is 7.90. The molecule has 0 unspecified atom stereocenters. The number of rotatable bonds is 10. The summed E-state index contributed by atoms with van der Waals surface area (Å²) in [5.74, 6) is -0.991. The summed E-state index contributed by atoms with van der Waals surface area (Å²) >= 11 is 0. The maximum atomic E-state index is 14.2. The van der Waals surface area contributed by atoms with Gasteiger partial charge in [-0.05, 0) is 92.3 Å². The van der Waals surface area contributed by atoms with E-state index in [0.29, 0.717) is 19.8 Å². The lowest BCUT2D eigenvalue weighted by molar-refractivity contribution is -0.133. The number of ether oxygens (including phenoxy) is 1. The van der Waals surface area contributed by atoms with E-state index < -0.39 is 21.5 Å². The summed E-state index contributed by atoms with van der Waals surface area (Å²) in [5.41, 5.74) is 1.45. The van der Waals surface area contributed by atoms with Crippen molar-refractivity contribution in [1.29, 1.82) is 0 Å². The summed E-state index contributed by atoms with van der Waals surface area (Å²) in [4.78, 5) is 17.8. The smallest absolute Gasteiger partial charge is 0.227 e. The van der Waals surface area contributed by atoms with Crippen LogP contribution in [-0.4, -0.2) is 75.8 Å². The molecule has 2 aliphatic rings. The lowest BCUT2D eigenvalue weighted by atomic mass is 9.67. The number of carbonyl (C=O) groups is 1. The normalized spacial score (nSPS) is 19.3. The van der Waals surface area contributed by atoms with Crippen molar-refractivity contribution < 1.29 is 26.7 Å². The third-order valence-electron chi connectivity index (χ3n) is 8.86. The fourth-order valence-corrected chi connectivity index (χ4v) is 7.05. The molecule has 0 N–H and O–H groups in total. The van der Waals surface area contributed by atoms with Crippen LogP contribution in [-0.2, 0) is 25.8 Å². The summed E-state index contributed by atoms with van der Waals surface area (Å²) in [6.45, 7) is 8.72. The number of amides is 1. The summed E-state index contributed by atoms with van der Waals surface area (Å²) in [6.07, 6.45) is 5.69. The second-order valence-corrected chi connectivity index (χ2v) is 13.7. The highest BCUT2D eigenvalue weighted by Gasteiger charge is 2.37. The number of hydrogen-bond donors (Lipinski definition) is 0. The first-order chi connectivity index (χ1) is 19.0. The molecule has 1 amide bonds. The van der Waals surface area contributed by atoms with Gasteiger partial charge >= 0.3 is 0 Å². The molecular weight excluding hydrogens is 534 g/mol. The van der Waals surface area contributed by atoms with E-state index in [0.717, 1.165) is 68.9 Å². The van der Waals surface area contributed by atoms with Crippen LogP contribution in [0.15, 0.2) is 47.4 Å². The van der Waals surface area contributed by atoms with E-state index in [1.165, 1.54) is 18.4 Å². The molecule has 220 valence electrons. The molecule has 0 aliphatic carbocycles. The number of piperidine rings is 1. The number of likely N-dealkylation sites (N-methyl/N-ethyl adjacent to an activating group) is 1. The second kappa shape index (κ2) is 13.1. The van der Waals surface area contributed by atoms with Crippen LogP contribution < -0.4 is 0 Å². The molecule has 2 heterocycles. The predicted molar refractivity (Wildman–Crippen MR) is 152 cm³/mol. The van der Waals surface area contributed by atoms with Crippen LogP contribution in [0.1, 0.15) is 63.0 Å². The molecule has 2 aromatic carbocycles. The van der Waals surface area contributed by atoms with Gasteiger partial charge in [-0.1, -0.05) is 19.1 Å². The van der Waals surface area contributed by atoms with E-state index in [1.807, 2.05) is 11.8 Å². The Balaban J connectivity index is 1.35. The Labute approximate surface area is 237 Å². The number of halogens is 2. The minimum absolute atomic E-state index is 0.0297. The third kappa shape index (κ3) is 7.68. The Bertz CT molecular complexity index is 1230. The Morgan fingerprint density at radius 1 is 1.07 bits per heavy atom. The van der Waals surface area contributed by atoms with E-state index in [1.54, 1.807) is 24.3 Å². The molecule has 1 atom stereocenters. The van der Waals surface area contributed by atoms with Crippen LogP contribution in [0.2, 0.25) is 0 Å². The number of carbonyl (C=O) groups excluding carboxylic acids is 1. The van der Waals surface area contributed by atoms with Crippen LogP contribution >= 0.6 is 0 Å². The third-order valence-corrected chi connectivity index (χ3v) is 9.99. The molecule has 0 saturated carbocycles. The van der Waals surface area contributed by atoms with Crippen LogP contribution in [0, 0.1) is 17.0 Å². The Hall–Kier alpha value is -2.36. The van der Waals surface area contributed by atoms with Crippen molar-refractivity contribution in [2.24, 2.45) is 5.41 Å². The molecule has 0 radical (unpaired) electrons. The van der Waals surface area contributed by atoms with Gasteiger partial charge in [0.2, 0.25) is 5.91 Å². The predicted octanol–water partition coefficient (Wildman–Crippen LogP) is 5.21. The van der Waals surface area contributed by atoms with Crippen molar-refractivity contribution in [3.8, 4) is 0 Å². The van der Waals surface area contributed by atoms with Gasteiger partial charge in [-0.15, -0.1) is 0 Å². The number of likely N-dealkylation sites (tertiary alicyclic amines) is 1. The van der Waals surface area contributed by atoms with Gasteiger partial charge in [-0.2, -0.15) is 0 Å². The number of nitrogens with zero attached hydrogens (tertiary/aromatic N) is 2. The molecule has 6 nitrogen and oxygen atoms in total. The first kappa shape index (κ1) is 30.6. The Kier molecular flexibility index (Phi) is 10.0. The Morgan fingerprint density at radius 3 is 2.23 bits per heavy atom. The van der Waals surface area contributed by atoms with Gasteiger partial charge in [0, 0.05) is 51.2 Å². The summed E-state index contributed by atoms with van der Waals surface area (Å²) in [6, 6.07) is 10.6. The zero-order valence-electron chi connectivity index (χ0n) is 23.9. The van der Waals surface area contributed by atoms with E-state index in [2.05, 4.69) is 11.8 Å². The summed E-state index contributed by atoms with van der Waals surface area (Å²) < 4.78 is 57.4. The van der Waals surface area contributed by atoms with Crippen LogP contribution in [0.5, 0.6) is 0 Å². The van der Waals surface area contributed by atoms with Gasteiger partial charge in [0.15, 0.2) is 9.84 Å². The number of hydrogen-bond acceptors (Lipinski definition) is 5. The van der Waals surface area contributed by atoms with Gasteiger partial charge < -0.3 is 14.5 Å². The largest absolute Gasteiger partial charge is 0.381 e. The molecule has 0 bridgehead atoms. The standard InChI is InChI=1S/C31H42F2N2O4S/c1-4-35(30(36)19-23-5-7-28(8-6-23)40(3,37)38)27-9-14-34(15-10-27)16-11-29(31(2)12-17-39-18-13-31)24-20-25(32)22-26(33)21-24/h5-8,20-22,27,29H,4,9-19H2,1-3H3/t29-/m0/s1. The van der Waals surface area contributed by atoms with Gasteiger partial charge in [0.25, 0.3) is 0 Å². The van der Waals surface area contributed by atoms with E-state index in [4.69, 9.17) is 4.74 Å². The van der Waals surface area contributed by atoms with Crippen molar-refractivity contribution in [3.63, 3.8) is 0 Å². The molecule has 0 spiro atoms. The van der Waals surface area contributed by atoms with E-state index >= 15 is 0 Å². The van der Waals surface area contributed by atoms with Crippen molar-refractivity contribution in [2.45, 2.75) is 69.2 Å². The van der Waals surface area contributed by atoms with Crippen LogP contribution in [0.25, 0.3) is 0 Å². The molecule has 0 aromatic heterocycles. The van der Waals surface area contributed by atoms with Crippen molar-refractivity contribution in [2.75, 3.05) is 45.6 Å². The molecular formula is C31H42F2N2O4S. The van der Waals surface area contributed by atoms with E-state index in [9.17, 15) is 22.0 Å². The van der Waals surface area contributed by atoms with Gasteiger partial charge in [-0.3, -0.25) is 4.79 Å². The zero-order valence-corrected chi connectivity index (χ0v) is 24.7. The maximum absolute atomic E-state index is 14.2. The summed E-state index contributed by atoms with van der Waals surface area (Å²) in [7, 11) is -3.27. The minimum atomic E-state index is -3.27. The molecule has 2 aromatic rings. The van der Waals surface area contributed by atoms with Crippen LogP contribution in [0.4, 0.5) is 8.78 Å². The molecule has 4 rings (SSSR count). The topological polar surface area (TPSA) is 66.9 Å². The fraction of sp³-hybridized carbons (Fsp3) is 0.581. The van der Waals surface area contributed by atoms with Gasteiger partial charge in [-0.25, -0.2) is 17.2 Å². The van der Waals surface area contributed by atoms with Gasteiger partial charge in [0.05, 0.1) is 11.3 Å². The Morgan fingerprint density at radius 2 is 1.68 bits per heavy atom. The molecule has 40 heavy (non-hydrogen) atoms. The second-order valence-electron chi connectivity index (χ2n) is 11.7. The SMILES string of the molecule is CCN(C(=O)Cc1ccc(S(C)(=O)=O)cc1)C1CCN(CC[C@@H](c2cc(F)cc(F)c2)C2(C)CCOCC2)CC1. The number of sulfone groups is 1. The number of benzene rings is 2. The van der Waals surface area contributed by atoms with Crippen molar-refractivity contribution in [1.82, 2.24) is 9.80 Å².